The van der Waals surface area contributed by atoms with Gasteiger partial charge in [0.2, 0.25) is 0 Å². The van der Waals surface area contributed by atoms with Gasteiger partial charge in [-0.25, -0.2) is 4.98 Å². The van der Waals surface area contributed by atoms with Gasteiger partial charge in [0.05, 0.1) is 36.1 Å². The van der Waals surface area contributed by atoms with Gasteiger partial charge in [0, 0.05) is 38.0 Å². The van der Waals surface area contributed by atoms with Crippen LogP contribution in [0.3, 0.4) is 0 Å². The van der Waals surface area contributed by atoms with Crippen LogP contribution in [0.5, 0.6) is 0 Å². The quantitative estimate of drug-likeness (QED) is 0.883. The van der Waals surface area contributed by atoms with Crippen LogP contribution in [0.25, 0.3) is 0 Å². The number of fused-ring (bicyclic) bond motifs is 1. The summed E-state index contributed by atoms with van der Waals surface area (Å²) in [5, 5.41) is 3.35. The van der Waals surface area contributed by atoms with Crippen molar-refractivity contribution in [1.29, 1.82) is 0 Å². The summed E-state index contributed by atoms with van der Waals surface area (Å²) >= 11 is 0. The molecule has 0 atom stereocenters. The van der Waals surface area contributed by atoms with Gasteiger partial charge in [-0.05, 0) is 6.07 Å². The monoisotopic (exact) mass is 241 g/mol. The van der Waals surface area contributed by atoms with Gasteiger partial charge in [-0.1, -0.05) is 0 Å². The number of rotatable bonds is 3. The molecule has 3 heterocycles. The summed E-state index contributed by atoms with van der Waals surface area (Å²) < 4.78 is 2.00. The highest BCUT2D eigenvalue weighted by Gasteiger charge is 2.07. The van der Waals surface area contributed by atoms with Crippen molar-refractivity contribution in [3.05, 3.63) is 41.7 Å². The second kappa shape index (κ2) is 4.60. The predicted molar refractivity (Wildman–Crippen MR) is 70.9 cm³/mol. The van der Waals surface area contributed by atoms with Gasteiger partial charge < -0.3 is 9.88 Å². The van der Waals surface area contributed by atoms with Crippen molar-refractivity contribution in [2.24, 2.45) is 12.0 Å². The minimum absolute atomic E-state index is 0.744. The van der Waals surface area contributed by atoms with Gasteiger partial charge in [-0.2, -0.15) is 0 Å². The van der Waals surface area contributed by atoms with E-state index >= 15 is 0 Å². The number of pyridine rings is 1. The van der Waals surface area contributed by atoms with E-state index < -0.39 is 0 Å². The maximum absolute atomic E-state index is 4.47. The first kappa shape index (κ1) is 11.0. The standard InChI is InChI=1S/C13H15N5/c1-18-9-15-7-12(18)8-16-11-4-10-5-14-3-2-13(10)17-6-11/h4-7,9,16H,2-3,8H2,1H3. The number of aryl methyl sites for hydroxylation is 1. The number of aliphatic imine (C=N–C) groups is 1. The normalized spacial score (nSPS) is 13.4. The third-order valence-corrected chi connectivity index (χ3v) is 3.10. The summed E-state index contributed by atoms with van der Waals surface area (Å²) in [5.41, 5.74) is 4.41. The highest BCUT2D eigenvalue weighted by atomic mass is 15.0. The Morgan fingerprint density at radius 1 is 1.39 bits per heavy atom. The molecule has 92 valence electrons. The molecule has 0 aromatic carbocycles. The molecule has 5 nitrogen and oxygen atoms in total. The van der Waals surface area contributed by atoms with E-state index in [1.54, 1.807) is 6.33 Å². The van der Waals surface area contributed by atoms with E-state index in [9.17, 15) is 0 Å². The smallest absolute Gasteiger partial charge is 0.0946 e. The molecule has 0 amide bonds. The first-order valence-corrected chi connectivity index (χ1v) is 6.01. The molecule has 5 heteroatoms. The summed E-state index contributed by atoms with van der Waals surface area (Å²) in [6.45, 7) is 1.59. The predicted octanol–water partition coefficient (Wildman–Crippen LogP) is 1.40. The van der Waals surface area contributed by atoms with Crippen LogP contribution in [0.15, 0.2) is 29.8 Å². The van der Waals surface area contributed by atoms with E-state index in [1.807, 2.05) is 30.2 Å². The van der Waals surface area contributed by atoms with Crippen LogP contribution in [0, 0.1) is 0 Å². The number of nitrogens with zero attached hydrogens (tertiary/aromatic N) is 4. The molecular weight excluding hydrogens is 226 g/mol. The zero-order chi connectivity index (χ0) is 12.4. The van der Waals surface area contributed by atoms with Crippen LogP contribution in [0.1, 0.15) is 17.0 Å². The van der Waals surface area contributed by atoms with E-state index in [1.165, 1.54) is 0 Å². The first-order valence-electron chi connectivity index (χ1n) is 6.01. The second-order valence-electron chi connectivity index (χ2n) is 4.39. The van der Waals surface area contributed by atoms with Gasteiger partial charge in [-0.15, -0.1) is 0 Å². The first-order chi connectivity index (χ1) is 8.83. The molecule has 18 heavy (non-hydrogen) atoms. The lowest BCUT2D eigenvalue weighted by atomic mass is 10.1. The Kier molecular flexibility index (Phi) is 2.80. The van der Waals surface area contributed by atoms with Crippen molar-refractivity contribution >= 4 is 11.9 Å². The molecule has 0 aliphatic carbocycles. The van der Waals surface area contributed by atoms with Gasteiger partial charge in [-0.3, -0.25) is 9.98 Å². The van der Waals surface area contributed by atoms with Crippen LogP contribution in [-0.2, 0) is 20.0 Å². The van der Waals surface area contributed by atoms with E-state index in [0.29, 0.717) is 0 Å². The third kappa shape index (κ3) is 2.11. The molecule has 2 aromatic heterocycles. The summed E-state index contributed by atoms with van der Waals surface area (Å²) in [6.07, 6.45) is 8.39. The molecule has 0 fully saturated rings. The lowest BCUT2D eigenvalue weighted by Crippen LogP contribution is -2.08. The Hall–Kier alpha value is -2.17. The number of nitrogens with one attached hydrogen (secondary N) is 1. The topological polar surface area (TPSA) is 55.1 Å². The number of hydrogen-bond acceptors (Lipinski definition) is 4. The van der Waals surface area contributed by atoms with E-state index in [0.717, 1.165) is 42.1 Å². The molecule has 0 radical (unpaired) electrons. The van der Waals surface area contributed by atoms with Crippen LogP contribution in [-0.4, -0.2) is 27.3 Å². The van der Waals surface area contributed by atoms with Crippen LogP contribution in [0.4, 0.5) is 5.69 Å². The van der Waals surface area contributed by atoms with Gasteiger partial charge >= 0.3 is 0 Å². The van der Waals surface area contributed by atoms with Crippen molar-refractivity contribution < 1.29 is 0 Å². The second-order valence-corrected chi connectivity index (χ2v) is 4.39. The van der Waals surface area contributed by atoms with Crippen molar-refractivity contribution in [1.82, 2.24) is 14.5 Å². The summed E-state index contributed by atoms with van der Waals surface area (Å²) in [6, 6.07) is 2.10. The summed E-state index contributed by atoms with van der Waals surface area (Å²) in [7, 11) is 1.99. The maximum atomic E-state index is 4.47. The largest absolute Gasteiger partial charge is 0.378 e. The lowest BCUT2D eigenvalue weighted by molar-refractivity contribution is 0.836. The molecule has 1 N–H and O–H groups in total. The average molecular weight is 241 g/mol. The fourth-order valence-electron chi connectivity index (χ4n) is 2.01. The van der Waals surface area contributed by atoms with Crippen molar-refractivity contribution in [3.8, 4) is 0 Å². The molecule has 3 rings (SSSR count). The minimum Gasteiger partial charge on any atom is -0.378 e. The molecule has 1 aliphatic rings. The third-order valence-electron chi connectivity index (χ3n) is 3.10. The number of hydrogen-bond donors (Lipinski definition) is 1. The van der Waals surface area contributed by atoms with E-state index in [4.69, 9.17) is 0 Å². The number of aromatic nitrogens is 3. The fraction of sp³-hybridized carbons (Fsp3) is 0.308. The Morgan fingerprint density at radius 3 is 3.17 bits per heavy atom. The molecule has 2 aromatic rings. The number of anilines is 1. The van der Waals surface area contributed by atoms with Gasteiger partial charge in [0.15, 0.2) is 0 Å². The minimum atomic E-state index is 0.744. The molecule has 0 spiro atoms. The molecule has 1 aliphatic heterocycles. The summed E-state index contributed by atoms with van der Waals surface area (Å²) in [5.74, 6) is 0. The molecular formula is C13H15N5. The van der Waals surface area contributed by atoms with Crippen molar-refractivity contribution in [2.75, 3.05) is 11.9 Å². The Balaban J connectivity index is 1.74. The molecule has 0 unspecified atom stereocenters. The van der Waals surface area contributed by atoms with Gasteiger partial charge in [0.25, 0.3) is 0 Å². The highest BCUT2D eigenvalue weighted by Crippen LogP contribution is 2.15. The molecule has 0 bridgehead atoms. The van der Waals surface area contributed by atoms with Crippen molar-refractivity contribution in [3.63, 3.8) is 0 Å². The van der Waals surface area contributed by atoms with Crippen molar-refractivity contribution in [2.45, 2.75) is 13.0 Å². The maximum Gasteiger partial charge on any atom is 0.0946 e. The Bertz CT molecular complexity index is 585. The Morgan fingerprint density at radius 2 is 2.33 bits per heavy atom. The molecule has 0 saturated heterocycles. The van der Waals surface area contributed by atoms with Crippen LogP contribution in [0.2, 0.25) is 0 Å². The lowest BCUT2D eigenvalue weighted by Gasteiger charge is -2.12. The van der Waals surface area contributed by atoms with Crippen LogP contribution < -0.4 is 5.32 Å². The zero-order valence-corrected chi connectivity index (χ0v) is 10.3. The summed E-state index contributed by atoms with van der Waals surface area (Å²) in [4.78, 5) is 12.8. The molecule has 0 saturated carbocycles. The SMILES string of the molecule is Cn1cncc1CNc1cnc2c(c1)C=NCC2. The van der Waals surface area contributed by atoms with E-state index in [2.05, 4.69) is 26.3 Å². The Labute approximate surface area is 106 Å². The fourth-order valence-corrected chi connectivity index (χ4v) is 2.01. The van der Waals surface area contributed by atoms with Gasteiger partial charge in [0.1, 0.15) is 0 Å². The average Bonchev–Trinajstić information content (AvgIpc) is 2.82. The number of imidazole rings is 1. The van der Waals surface area contributed by atoms with E-state index in [-0.39, 0.29) is 0 Å². The highest BCUT2D eigenvalue weighted by molar-refractivity contribution is 5.83. The zero-order valence-electron chi connectivity index (χ0n) is 10.3. The van der Waals surface area contributed by atoms with Crippen LogP contribution >= 0.6 is 0 Å².